The van der Waals surface area contributed by atoms with E-state index < -0.39 is 0 Å². The average Bonchev–Trinajstić information content (AvgIpc) is 3.08. The summed E-state index contributed by atoms with van der Waals surface area (Å²) in [6.45, 7) is 1.11. The summed E-state index contributed by atoms with van der Waals surface area (Å²) in [5.74, 6) is 0. The number of nitrogens with zero attached hydrogens (tertiary/aromatic N) is 4. The third-order valence-electron chi connectivity index (χ3n) is 3.28. The van der Waals surface area contributed by atoms with Crippen LogP contribution in [-0.4, -0.2) is 31.4 Å². The number of imidazole rings is 1. The first-order valence-corrected chi connectivity index (χ1v) is 5.82. The molecule has 1 saturated heterocycles. The van der Waals surface area contributed by atoms with Gasteiger partial charge in [0.1, 0.15) is 0 Å². The number of fused-ring (bicyclic) bond motifs is 1. The van der Waals surface area contributed by atoms with Crippen LogP contribution in [0.4, 0.5) is 0 Å². The number of ether oxygens (including phenoxy) is 1. The van der Waals surface area contributed by atoms with E-state index in [2.05, 4.69) is 4.98 Å². The van der Waals surface area contributed by atoms with E-state index in [0.717, 1.165) is 6.61 Å². The molecule has 0 spiro atoms. The van der Waals surface area contributed by atoms with E-state index in [1.54, 1.807) is 25.0 Å². The second kappa shape index (κ2) is 3.81. The Morgan fingerprint density at radius 3 is 2.83 bits per heavy atom. The van der Waals surface area contributed by atoms with Crippen molar-refractivity contribution in [3.05, 3.63) is 27.2 Å². The highest BCUT2D eigenvalue weighted by Gasteiger charge is 2.23. The SMILES string of the molecule is Cn1cnc2c1c(=O)n(CCC1CO1)c(=O)n2C. The first-order valence-electron chi connectivity index (χ1n) is 5.82. The summed E-state index contributed by atoms with van der Waals surface area (Å²) in [4.78, 5) is 28.4. The number of rotatable bonds is 3. The molecule has 0 radical (unpaired) electrons. The van der Waals surface area contributed by atoms with Crippen LogP contribution in [0.1, 0.15) is 6.42 Å². The van der Waals surface area contributed by atoms with Gasteiger partial charge in [0.15, 0.2) is 11.2 Å². The first-order chi connectivity index (χ1) is 8.59. The Labute approximate surface area is 102 Å². The maximum absolute atomic E-state index is 12.3. The van der Waals surface area contributed by atoms with Crippen LogP contribution in [0.15, 0.2) is 15.9 Å². The zero-order chi connectivity index (χ0) is 12.9. The van der Waals surface area contributed by atoms with Crippen LogP contribution >= 0.6 is 0 Å². The topological polar surface area (TPSA) is 74.3 Å². The van der Waals surface area contributed by atoms with E-state index in [1.165, 1.54) is 9.13 Å². The van der Waals surface area contributed by atoms with Crippen molar-refractivity contribution < 1.29 is 4.74 Å². The van der Waals surface area contributed by atoms with Crippen LogP contribution in [0.5, 0.6) is 0 Å². The van der Waals surface area contributed by atoms with Crippen LogP contribution in [-0.2, 0) is 25.4 Å². The van der Waals surface area contributed by atoms with Crippen LogP contribution in [0, 0.1) is 0 Å². The van der Waals surface area contributed by atoms with Crippen LogP contribution < -0.4 is 11.2 Å². The smallest absolute Gasteiger partial charge is 0.332 e. The molecule has 0 N–H and O–H groups in total. The van der Waals surface area contributed by atoms with Crippen LogP contribution in [0.2, 0.25) is 0 Å². The molecule has 7 nitrogen and oxygen atoms in total. The third kappa shape index (κ3) is 1.59. The van der Waals surface area contributed by atoms with Gasteiger partial charge >= 0.3 is 5.69 Å². The van der Waals surface area contributed by atoms with Crippen molar-refractivity contribution in [2.24, 2.45) is 14.1 Å². The molecule has 18 heavy (non-hydrogen) atoms. The molecule has 1 aliphatic rings. The van der Waals surface area contributed by atoms with Crippen molar-refractivity contribution in [3.8, 4) is 0 Å². The predicted molar refractivity (Wildman–Crippen MR) is 64.6 cm³/mol. The van der Waals surface area contributed by atoms with Gasteiger partial charge in [0.2, 0.25) is 0 Å². The molecule has 0 saturated carbocycles. The Morgan fingerprint density at radius 2 is 2.17 bits per heavy atom. The van der Waals surface area contributed by atoms with E-state index in [0.29, 0.717) is 24.1 Å². The number of hydrogen-bond acceptors (Lipinski definition) is 4. The highest BCUT2D eigenvalue weighted by Crippen LogP contribution is 2.13. The van der Waals surface area contributed by atoms with Gasteiger partial charge in [-0.25, -0.2) is 9.78 Å². The first kappa shape index (κ1) is 11.2. The lowest BCUT2D eigenvalue weighted by atomic mass is 10.3. The van der Waals surface area contributed by atoms with Crippen molar-refractivity contribution in [2.75, 3.05) is 6.61 Å². The molecule has 2 aromatic rings. The Balaban J connectivity index is 2.19. The predicted octanol–water partition coefficient (Wildman–Crippen LogP) is -0.777. The second-order valence-corrected chi connectivity index (χ2v) is 4.57. The van der Waals surface area contributed by atoms with Crippen molar-refractivity contribution >= 4 is 11.2 Å². The maximum Gasteiger partial charge on any atom is 0.332 e. The van der Waals surface area contributed by atoms with E-state index in [1.807, 2.05) is 0 Å². The van der Waals surface area contributed by atoms with Gasteiger partial charge in [0.05, 0.1) is 19.0 Å². The summed E-state index contributed by atoms with van der Waals surface area (Å²) in [6, 6.07) is 0. The van der Waals surface area contributed by atoms with Gasteiger partial charge in [-0.15, -0.1) is 0 Å². The van der Waals surface area contributed by atoms with Gasteiger partial charge in [0.25, 0.3) is 5.56 Å². The lowest BCUT2D eigenvalue weighted by Gasteiger charge is -2.07. The molecular formula is C11H14N4O3. The fraction of sp³-hybridized carbons (Fsp3) is 0.545. The molecule has 3 rings (SSSR count). The summed E-state index contributed by atoms with van der Waals surface area (Å²) in [5.41, 5.74) is 0.265. The lowest BCUT2D eigenvalue weighted by Crippen LogP contribution is -2.39. The molecule has 1 aliphatic heterocycles. The Bertz CT molecular complexity index is 720. The van der Waals surface area contributed by atoms with Crippen LogP contribution in [0.3, 0.4) is 0 Å². The monoisotopic (exact) mass is 250 g/mol. The van der Waals surface area contributed by atoms with E-state index in [4.69, 9.17) is 4.74 Å². The molecule has 1 unspecified atom stereocenters. The van der Waals surface area contributed by atoms with Gasteiger partial charge in [-0.05, 0) is 6.42 Å². The van der Waals surface area contributed by atoms with Gasteiger partial charge in [0, 0.05) is 20.6 Å². The summed E-state index contributed by atoms with van der Waals surface area (Å²) < 4.78 is 9.40. The minimum absolute atomic E-state index is 0.198. The van der Waals surface area contributed by atoms with Crippen molar-refractivity contribution in [1.82, 2.24) is 18.7 Å². The van der Waals surface area contributed by atoms with Crippen molar-refractivity contribution in [3.63, 3.8) is 0 Å². The van der Waals surface area contributed by atoms with Gasteiger partial charge in [-0.3, -0.25) is 13.9 Å². The molecule has 7 heteroatoms. The fourth-order valence-electron chi connectivity index (χ4n) is 2.10. The quantitative estimate of drug-likeness (QED) is 0.670. The fourth-order valence-corrected chi connectivity index (χ4v) is 2.10. The van der Waals surface area contributed by atoms with Crippen molar-refractivity contribution in [1.29, 1.82) is 0 Å². The summed E-state index contributed by atoms with van der Waals surface area (Å²) >= 11 is 0. The number of epoxide rings is 1. The Kier molecular flexibility index (Phi) is 2.37. The largest absolute Gasteiger partial charge is 0.373 e. The minimum atomic E-state index is -0.327. The van der Waals surface area contributed by atoms with Crippen molar-refractivity contribution in [2.45, 2.75) is 19.1 Å². The van der Waals surface area contributed by atoms with E-state index >= 15 is 0 Å². The zero-order valence-electron chi connectivity index (χ0n) is 10.3. The third-order valence-corrected chi connectivity index (χ3v) is 3.28. The molecular weight excluding hydrogens is 236 g/mol. The minimum Gasteiger partial charge on any atom is -0.373 e. The van der Waals surface area contributed by atoms with Gasteiger partial charge < -0.3 is 9.30 Å². The number of aryl methyl sites for hydroxylation is 2. The van der Waals surface area contributed by atoms with E-state index in [-0.39, 0.29) is 17.4 Å². The number of aromatic nitrogens is 4. The normalized spacial score (nSPS) is 18.4. The average molecular weight is 250 g/mol. The highest BCUT2D eigenvalue weighted by atomic mass is 16.6. The molecule has 0 amide bonds. The molecule has 0 aliphatic carbocycles. The molecule has 1 atom stereocenters. The molecule has 3 heterocycles. The standard InChI is InChI=1S/C11H14N4O3/c1-13-6-12-9-8(13)10(16)15(11(17)14(9)2)4-3-7-5-18-7/h6-7H,3-5H2,1-2H3. The summed E-state index contributed by atoms with van der Waals surface area (Å²) in [6.07, 6.45) is 2.43. The highest BCUT2D eigenvalue weighted by molar-refractivity contribution is 5.69. The molecule has 96 valence electrons. The number of hydrogen-bond donors (Lipinski definition) is 0. The van der Waals surface area contributed by atoms with Gasteiger partial charge in [-0.2, -0.15) is 0 Å². The van der Waals surface area contributed by atoms with E-state index in [9.17, 15) is 9.59 Å². The molecule has 0 aromatic carbocycles. The summed E-state index contributed by atoms with van der Waals surface area (Å²) in [5, 5.41) is 0. The lowest BCUT2D eigenvalue weighted by molar-refractivity contribution is 0.381. The van der Waals surface area contributed by atoms with Crippen LogP contribution in [0.25, 0.3) is 11.2 Å². The zero-order valence-corrected chi connectivity index (χ0v) is 10.3. The Morgan fingerprint density at radius 1 is 1.44 bits per heavy atom. The Hall–Kier alpha value is -1.89. The summed E-state index contributed by atoms with van der Waals surface area (Å²) in [7, 11) is 3.37. The maximum atomic E-state index is 12.3. The van der Waals surface area contributed by atoms with Gasteiger partial charge in [-0.1, -0.05) is 0 Å². The molecule has 2 aromatic heterocycles. The second-order valence-electron chi connectivity index (χ2n) is 4.57. The molecule has 1 fully saturated rings. The molecule has 0 bridgehead atoms.